The maximum Gasteiger partial charge on any atom is 0.251 e. The number of nitrogens with zero attached hydrogens (tertiary/aromatic N) is 1. The minimum atomic E-state index is -3.35. The highest BCUT2D eigenvalue weighted by molar-refractivity contribution is 7.91. The van der Waals surface area contributed by atoms with Crippen molar-refractivity contribution in [2.75, 3.05) is 19.0 Å². The number of aliphatic hydroxyl groups is 1. The average Bonchev–Trinajstić information content (AvgIpc) is 2.90. The Hall–Kier alpha value is -3.11. The van der Waals surface area contributed by atoms with Gasteiger partial charge >= 0.3 is 0 Å². The number of carbonyl (C=O) groups is 1. The molecule has 0 aliphatic heterocycles. The van der Waals surface area contributed by atoms with Crippen LogP contribution in [0.2, 0.25) is 0 Å². The predicted molar refractivity (Wildman–Crippen MR) is 140 cm³/mol. The van der Waals surface area contributed by atoms with Crippen LogP contribution >= 0.6 is 0 Å². The fourth-order valence-corrected chi connectivity index (χ4v) is 5.50. The second-order valence-electron chi connectivity index (χ2n) is 9.80. The van der Waals surface area contributed by atoms with Crippen LogP contribution in [-0.4, -0.2) is 49.3 Å². The number of amides is 1. The number of hydrogen-bond donors (Lipinski definition) is 2. The molecule has 0 saturated heterocycles. The molecule has 1 fully saturated rings. The van der Waals surface area contributed by atoms with Crippen LogP contribution in [0, 0.1) is 12.8 Å². The molecule has 2 aromatic carbocycles. The Labute approximate surface area is 221 Å². The molecule has 204 valence electrons. The number of ether oxygens (including phenoxy) is 1. The molecule has 4 rings (SSSR count). The molecular weight excluding hydrogens is 514 g/mol. The lowest BCUT2D eigenvalue weighted by molar-refractivity contribution is -0.0499. The average molecular weight is 547 g/mol. The first kappa shape index (κ1) is 27.9. The lowest BCUT2D eigenvalue weighted by atomic mass is 9.87. The van der Waals surface area contributed by atoms with Gasteiger partial charge in [0, 0.05) is 29.5 Å². The molecule has 2 N–H and O–H groups in total. The summed E-state index contributed by atoms with van der Waals surface area (Å²) in [6.45, 7) is 3.31. The molecule has 0 unspecified atom stereocenters. The third-order valence-corrected chi connectivity index (χ3v) is 8.74. The summed E-state index contributed by atoms with van der Waals surface area (Å²) >= 11 is 0. The van der Waals surface area contributed by atoms with Crippen molar-refractivity contribution in [3.63, 3.8) is 0 Å². The second-order valence-corrected chi connectivity index (χ2v) is 12.1. The first-order valence-electron chi connectivity index (χ1n) is 12.7. The first-order valence-corrected chi connectivity index (χ1v) is 14.3. The van der Waals surface area contributed by atoms with Crippen molar-refractivity contribution in [3.8, 4) is 5.88 Å². The monoisotopic (exact) mass is 546 g/mol. The lowest BCUT2D eigenvalue weighted by Crippen LogP contribution is -2.30. The van der Waals surface area contributed by atoms with E-state index in [1.165, 1.54) is 12.1 Å². The molecule has 1 heterocycles. The Balaban J connectivity index is 1.48. The third-order valence-electron chi connectivity index (χ3n) is 6.99. The number of fused-ring (bicyclic) bond motifs is 1. The van der Waals surface area contributed by atoms with Gasteiger partial charge < -0.3 is 15.2 Å². The Morgan fingerprint density at radius 2 is 1.84 bits per heavy atom. The van der Waals surface area contributed by atoms with Gasteiger partial charge in [0.1, 0.15) is 0 Å². The summed E-state index contributed by atoms with van der Waals surface area (Å²) < 4.78 is 57.0. The van der Waals surface area contributed by atoms with Crippen molar-refractivity contribution in [2.24, 2.45) is 5.92 Å². The maximum absolute atomic E-state index is 13.5. The van der Waals surface area contributed by atoms with Gasteiger partial charge in [0.05, 0.1) is 29.9 Å². The number of nitrogens with one attached hydrogen (secondary N) is 1. The Kier molecular flexibility index (Phi) is 8.32. The van der Waals surface area contributed by atoms with E-state index in [1.54, 1.807) is 37.3 Å². The van der Waals surface area contributed by atoms with Crippen LogP contribution in [0.1, 0.15) is 60.3 Å². The molecule has 10 heteroatoms. The van der Waals surface area contributed by atoms with Gasteiger partial charge in [0.15, 0.2) is 9.84 Å². The minimum Gasteiger partial charge on any atom is -0.477 e. The lowest BCUT2D eigenvalue weighted by Gasteiger charge is -2.28. The number of alkyl halides is 2. The van der Waals surface area contributed by atoms with E-state index in [4.69, 9.17) is 4.74 Å². The number of carbonyl (C=O) groups excluding carboxylic acids is 1. The summed E-state index contributed by atoms with van der Waals surface area (Å²) in [5.74, 6) is -2.56. The number of sulfone groups is 1. The standard InChI is InChI=1S/C28H32F2N2O5S/c1-3-38(35,36)23-7-4-20(5-8-23)25(16-33)32-26(34)21-6-9-24-22(15-21)14-18(2)31-27(24)37-17-19-10-12-28(29,30)13-11-19/h4-9,14-15,19,25,33H,3,10-13,16-17H2,1-2H3,(H,32,34)/t25-/m0/s1. The molecule has 1 saturated carbocycles. The van der Waals surface area contributed by atoms with Crippen molar-refractivity contribution >= 4 is 26.5 Å². The number of rotatable bonds is 9. The largest absolute Gasteiger partial charge is 0.477 e. The third kappa shape index (κ3) is 6.47. The Morgan fingerprint density at radius 3 is 2.47 bits per heavy atom. The number of hydrogen-bond acceptors (Lipinski definition) is 6. The first-order chi connectivity index (χ1) is 18.0. The normalized spacial score (nSPS) is 16.8. The number of benzene rings is 2. The molecule has 1 aliphatic carbocycles. The minimum absolute atomic E-state index is 0.0181. The van der Waals surface area contributed by atoms with E-state index < -0.39 is 27.7 Å². The van der Waals surface area contributed by atoms with Gasteiger partial charge in [-0.05, 0) is 73.0 Å². The molecule has 0 bridgehead atoms. The highest BCUT2D eigenvalue weighted by Gasteiger charge is 2.35. The fraction of sp³-hybridized carbons (Fsp3) is 0.429. The molecule has 7 nitrogen and oxygen atoms in total. The maximum atomic E-state index is 13.5. The highest BCUT2D eigenvalue weighted by Crippen LogP contribution is 2.36. The number of aromatic nitrogens is 1. The fourth-order valence-electron chi connectivity index (χ4n) is 4.62. The predicted octanol–water partition coefficient (Wildman–Crippen LogP) is 5.00. The molecule has 0 radical (unpaired) electrons. The summed E-state index contributed by atoms with van der Waals surface area (Å²) in [6, 6.07) is 12.3. The SMILES string of the molecule is CCS(=O)(=O)c1ccc([C@H](CO)NC(=O)c2ccc3c(OCC4CCC(F)(F)CC4)nc(C)cc3c2)cc1. The summed E-state index contributed by atoms with van der Waals surface area (Å²) in [5.41, 5.74) is 1.63. The molecule has 3 aromatic rings. The van der Waals surface area contributed by atoms with Crippen molar-refractivity contribution < 1.29 is 31.8 Å². The van der Waals surface area contributed by atoms with Gasteiger partial charge in [-0.25, -0.2) is 22.2 Å². The molecule has 1 aromatic heterocycles. The summed E-state index contributed by atoms with van der Waals surface area (Å²) in [6.07, 6.45) is 0.561. The number of aliphatic hydroxyl groups excluding tert-OH is 1. The van der Waals surface area contributed by atoms with Crippen LogP contribution in [0.15, 0.2) is 53.4 Å². The van der Waals surface area contributed by atoms with E-state index in [0.29, 0.717) is 47.5 Å². The van der Waals surface area contributed by atoms with Crippen LogP contribution in [0.4, 0.5) is 8.78 Å². The Bertz CT molecular complexity index is 1400. The van der Waals surface area contributed by atoms with Gasteiger partial charge in [0.2, 0.25) is 11.8 Å². The van der Waals surface area contributed by atoms with Gasteiger partial charge in [0.25, 0.3) is 5.91 Å². The van der Waals surface area contributed by atoms with Gasteiger partial charge in [-0.2, -0.15) is 0 Å². The number of halogens is 2. The van der Waals surface area contributed by atoms with Crippen molar-refractivity contribution in [3.05, 3.63) is 65.4 Å². The summed E-state index contributed by atoms with van der Waals surface area (Å²) in [5, 5.41) is 14.1. The van der Waals surface area contributed by atoms with Crippen LogP contribution in [0.3, 0.4) is 0 Å². The van der Waals surface area contributed by atoms with E-state index in [-0.39, 0.29) is 36.0 Å². The zero-order chi connectivity index (χ0) is 27.5. The van der Waals surface area contributed by atoms with E-state index in [1.807, 2.05) is 13.0 Å². The van der Waals surface area contributed by atoms with Crippen LogP contribution in [0.25, 0.3) is 10.8 Å². The zero-order valence-corrected chi connectivity index (χ0v) is 22.2. The van der Waals surface area contributed by atoms with Gasteiger partial charge in [-0.3, -0.25) is 4.79 Å². The van der Waals surface area contributed by atoms with E-state index >= 15 is 0 Å². The van der Waals surface area contributed by atoms with Crippen LogP contribution < -0.4 is 10.1 Å². The van der Waals surface area contributed by atoms with E-state index in [2.05, 4.69) is 10.3 Å². The topological polar surface area (TPSA) is 106 Å². The van der Waals surface area contributed by atoms with Crippen LogP contribution in [-0.2, 0) is 9.84 Å². The van der Waals surface area contributed by atoms with E-state index in [0.717, 1.165) is 5.39 Å². The van der Waals surface area contributed by atoms with Crippen molar-refractivity contribution in [1.82, 2.24) is 10.3 Å². The molecule has 38 heavy (non-hydrogen) atoms. The molecular formula is C28H32F2N2O5S. The summed E-state index contributed by atoms with van der Waals surface area (Å²) in [7, 11) is -3.35. The van der Waals surface area contributed by atoms with Gasteiger partial charge in [-0.1, -0.05) is 19.1 Å². The summed E-state index contributed by atoms with van der Waals surface area (Å²) in [4.78, 5) is 17.7. The molecule has 1 amide bonds. The highest BCUT2D eigenvalue weighted by atomic mass is 32.2. The quantitative estimate of drug-likeness (QED) is 0.391. The number of aryl methyl sites for hydroxylation is 1. The van der Waals surface area contributed by atoms with Gasteiger partial charge in [-0.15, -0.1) is 0 Å². The second kappa shape index (κ2) is 11.3. The van der Waals surface area contributed by atoms with E-state index in [9.17, 15) is 27.1 Å². The van der Waals surface area contributed by atoms with Crippen LogP contribution in [0.5, 0.6) is 5.88 Å². The smallest absolute Gasteiger partial charge is 0.251 e. The zero-order valence-electron chi connectivity index (χ0n) is 21.4. The molecule has 0 spiro atoms. The number of pyridine rings is 1. The Morgan fingerprint density at radius 1 is 1.16 bits per heavy atom. The molecule has 1 atom stereocenters. The van der Waals surface area contributed by atoms with Crippen molar-refractivity contribution in [2.45, 2.75) is 56.4 Å². The van der Waals surface area contributed by atoms with Crippen molar-refractivity contribution in [1.29, 1.82) is 0 Å². The molecule has 1 aliphatic rings.